The van der Waals surface area contributed by atoms with Gasteiger partial charge in [-0.15, -0.1) is 0 Å². The van der Waals surface area contributed by atoms with E-state index in [1.54, 1.807) is 0 Å². The maximum Gasteiger partial charge on any atom is 0.224 e. The van der Waals surface area contributed by atoms with Crippen LogP contribution in [0.1, 0.15) is 82.0 Å². The van der Waals surface area contributed by atoms with Crippen LogP contribution in [-0.2, 0) is 4.79 Å². The lowest BCUT2D eigenvalue weighted by molar-refractivity contribution is -0.117. The topological polar surface area (TPSA) is 47.6 Å². The zero-order valence-electron chi connectivity index (χ0n) is 23.1. The third-order valence-electron chi connectivity index (χ3n) is 8.10. The Bertz CT molecular complexity index is 1020. The molecule has 2 N–H and O–H groups in total. The van der Waals surface area contributed by atoms with E-state index in [1.165, 1.54) is 54.5 Å². The van der Waals surface area contributed by atoms with Crippen molar-refractivity contribution in [1.82, 2.24) is 15.1 Å². The molecule has 0 bridgehead atoms. The first-order valence-corrected chi connectivity index (χ1v) is 14.5. The number of piperazine rings is 1. The van der Waals surface area contributed by atoms with Crippen LogP contribution in [-0.4, -0.2) is 55.0 Å². The second-order valence-electron chi connectivity index (χ2n) is 10.5. The van der Waals surface area contributed by atoms with E-state index in [2.05, 4.69) is 89.7 Å². The Morgan fingerprint density at radius 3 is 2.38 bits per heavy atom. The first-order valence-electron chi connectivity index (χ1n) is 14.5. The van der Waals surface area contributed by atoms with E-state index in [4.69, 9.17) is 0 Å². The molecule has 37 heavy (non-hydrogen) atoms. The molecule has 1 aliphatic carbocycles. The molecular weight excluding hydrogens is 456 g/mol. The monoisotopic (exact) mass is 502 g/mol. The van der Waals surface area contributed by atoms with Crippen molar-refractivity contribution in [2.75, 3.05) is 44.6 Å². The highest BCUT2D eigenvalue weighted by atomic mass is 16.1. The van der Waals surface area contributed by atoms with Gasteiger partial charge in [0.2, 0.25) is 5.91 Å². The third-order valence-corrected chi connectivity index (χ3v) is 8.10. The zero-order valence-corrected chi connectivity index (χ0v) is 23.1. The van der Waals surface area contributed by atoms with Gasteiger partial charge >= 0.3 is 0 Å². The predicted molar refractivity (Wildman–Crippen MR) is 156 cm³/mol. The Kier molecular flexibility index (Phi) is 10.2. The number of hydrogen-bond acceptors (Lipinski definition) is 4. The number of rotatable bonds is 10. The van der Waals surface area contributed by atoms with E-state index in [9.17, 15) is 4.79 Å². The summed E-state index contributed by atoms with van der Waals surface area (Å²) in [6, 6.07) is 17.8. The SMILES string of the molecule is C/C=C(\c1ccc(C(c2cccc(NC(=O)CC3CCCCC3)c2)N2CCNCC2)cc1)N(CC)CC. The van der Waals surface area contributed by atoms with E-state index < -0.39 is 0 Å². The minimum Gasteiger partial charge on any atom is -0.372 e. The number of carbonyl (C=O) groups excluding carboxylic acids is 1. The number of hydrogen-bond donors (Lipinski definition) is 2. The van der Waals surface area contributed by atoms with Gasteiger partial charge in [-0.2, -0.15) is 0 Å². The highest BCUT2D eigenvalue weighted by molar-refractivity contribution is 5.91. The fourth-order valence-corrected chi connectivity index (χ4v) is 6.14. The summed E-state index contributed by atoms with van der Waals surface area (Å²) in [4.78, 5) is 17.8. The first-order chi connectivity index (χ1) is 18.1. The standard InChI is InChI=1S/C32H46N4O/c1-4-30(35(5-2)6-3)26-15-17-27(18-16-26)32(36-21-19-33-20-22-36)28-13-10-14-29(24-28)34-31(37)23-25-11-8-7-9-12-25/h4,10,13-18,24-25,32-33H,5-9,11-12,19-23H2,1-3H3,(H,34,37)/b30-4+. The summed E-state index contributed by atoms with van der Waals surface area (Å²) in [6.07, 6.45) is 9.10. The van der Waals surface area contributed by atoms with E-state index in [0.717, 1.165) is 45.0 Å². The molecule has 1 unspecified atom stereocenters. The summed E-state index contributed by atoms with van der Waals surface area (Å²) < 4.78 is 0. The largest absolute Gasteiger partial charge is 0.372 e. The minimum atomic E-state index is 0.155. The Morgan fingerprint density at radius 2 is 1.73 bits per heavy atom. The van der Waals surface area contributed by atoms with Gasteiger partial charge in [-0.05, 0) is 68.4 Å². The van der Waals surface area contributed by atoms with Crippen LogP contribution in [0.3, 0.4) is 0 Å². The smallest absolute Gasteiger partial charge is 0.224 e. The van der Waals surface area contributed by atoms with Gasteiger partial charge in [0.25, 0.3) is 0 Å². The fraction of sp³-hybridized carbons (Fsp3) is 0.531. The van der Waals surface area contributed by atoms with Crippen LogP contribution in [0.2, 0.25) is 0 Å². The fourth-order valence-electron chi connectivity index (χ4n) is 6.14. The molecule has 1 atom stereocenters. The van der Waals surface area contributed by atoms with Crippen molar-refractivity contribution in [3.05, 3.63) is 71.3 Å². The second-order valence-corrected chi connectivity index (χ2v) is 10.5. The van der Waals surface area contributed by atoms with Crippen molar-refractivity contribution < 1.29 is 4.79 Å². The average Bonchev–Trinajstić information content (AvgIpc) is 2.94. The van der Waals surface area contributed by atoms with Gasteiger partial charge in [0.05, 0.1) is 6.04 Å². The molecule has 5 heteroatoms. The van der Waals surface area contributed by atoms with E-state index in [-0.39, 0.29) is 11.9 Å². The molecule has 1 saturated carbocycles. The maximum atomic E-state index is 12.8. The molecular formula is C32H46N4O. The Balaban J connectivity index is 1.56. The van der Waals surface area contributed by atoms with Crippen LogP contribution < -0.4 is 10.6 Å². The number of nitrogens with zero attached hydrogens (tertiary/aromatic N) is 2. The number of allylic oxidation sites excluding steroid dienone is 1. The highest BCUT2D eigenvalue weighted by Crippen LogP contribution is 2.32. The summed E-state index contributed by atoms with van der Waals surface area (Å²) in [5, 5.41) is 6.71. The van der Waals surface area contributed by atoms with Crippen LogP contribution in [0.4, 0.5) is 5.69 Å². The lowest BCUT2D eigenvalue weighted by Gasteiger charge is -2.36. The quantitative estimate of drug-likeness (QED) is 0.401. The zero-order chi connectivity index (χ0) is 26.0. The number of amides is 1. The lowest BCUT2D eigenvalue weighted by Crippen LogP contribution is -2.45. The lowest BCUT2D eigenvalue weighted by atomic mass is 9.87. The summed E-state index contributed by atoms with van der Waals surface area (Å²) in [5.41, 5.74) is 6.00. The van der Waals surface area contributed by atoms with Gasteiger partial charge in [0, 0.05) is 57.1 Å². The molecule has 1 heterocycles. The van der Waals surface area contributed by atoms with Gasteiger partial charge in [-0.3, -0.25) is 9.69 Å². The van der Waals surface area contributed by atoms with Gasteiger partial charge < -0.3 is 15.5 Å². The number of carbonyl (C=O) groups is 1. The molecule has 1 aliphatic heterocycles. The van der Waals surface area contributed by atoms with Crippen molar-refractivity contribution >= 4 is 17.3 Å². The average molecular weight is 503 g/mol. The molecule has 0 spiro atoms. The van der Waals surface area contributed by atoms with Crippen molar-refractivity contribution in [3.63, 3.8) is 0 Å². The molecule has 2 aromatic carbocycles. The summed E-state index contributed by atoms with van der Waals surface area (Å²) in [7, 11) is 0. The molecule has 0 radical (unpaired) electrons. The van der Waals surface area contributed by atoms with Crippen LogP contribution in [0, 0.1) is 5.92 Å². The van der Waals surface area contributed by atoms with Crippen molar-refractivity contribution in [1.29, 1.82) is 0 Å². The summed E-state index contributed by atoms with van der Waals surface area (Å²) in [5.74, 6) is 0.699. The molecule has 2 fully saturated rings. The normalized spacial score (nSPS) is 18.4. The summed E-state index contributed by atoms with van der Waals surface area (Å²) in [6.45, 7) is 12.6. The summed E-state index contributed by atoms with van der Waals surface area (Å²) >= 11 is 0. The Labute approximate surface area is 224 Å². The molecule has 4 rings (SSSR count). The first kappa shape index (κ1) is 27.4. The molecule has 2 aliphatic rings. The van der Waals surface area contributed by atoms with E-state index in [1.807, 2.05) is 6.07 Å². The molecule has 1 amide bonds. The number of anilines is 1. The predicted octanol–water partition coefficient (Wildman–Crippen LogP) is 6.29. The van der Waals surface area contributed by atoms with Gasteiger partial charge in [0.15, 0.2) is 0 Å². The van der Waals surface area contributed by atoms with Crippen LogP contribution in [0.25, 0.3) is 5.70 Å². The van der Waals surface area contributed by atoms with E-state index >= 15 is 0 Å². The Morgan fingerprint density at radius 1 is 1.03 bits per heavy atom. The minimum absolute atomic E-state index is 0.155. The maximum absolute atomic E-state index is 12.8. The number of nitrogens with one attached hydrogen (secondary N) is 2. The van der Waals surface area contributed by atoms with Gasteiger partial charge in [0.1, 0.15) is 0 Å². The highest BCUT2D eigenvalue weighted by Gasteiger charge is 2.25. The number of benzene rings is 2. The molecule has 200 valence electrons. The van der Waals surface area contributed by atoms with Crippen molar-refractivity contribution in [2.24, 2.45) is 5.92 Å². The molecule has 2 aromatic rings. The van der Waals surface area contributed by atoms with Crippen LogP contribution in [0.15, 0.2) is 54.6 Å². The second kappa shape index (κ2) is 13.8. The molecule has 0 aromatic heterocycles. The Hall–Kier alpha value is -2.63. The van der Waals surface area contributed by atoms with Crippen molar-refractivity contribution in [3.8, 4) is 0 Å². The van der Waals surface area contributed by atoms with Crippen molar-refractivity contribution in [2.45, 2.75) is 65.3 Å². The van der Waals surface area contributed by atoms with Crippen LogP contribution >= 0.6 is 0 Å². The van der Waals surface area contributed by atoms with E-state index in [0.29, 0.717) is 12.3 Å². The third kappa shape index (κ3) is 7.24. The van der Waals surface area contributed by atoms with Gasteiger partial charge in [-0.1, -0.05) is 61.7 Å². The van der Waals surface area contributed by atoms with Gasteiger partial charge in [-0.25, -0.2) is 0 Å². The van der Waals surface area contributed by atoms with Crippen LogP contribution in [0.5, 0.6) is 0 Å². The molecule has 1 saturated heterocycles. The molecule has 5 nitrogen and oxygen atoms in total.